The number of benzene rings is 3. The van der Waals surface area contributed by atoms with Crippen molar-refractivity contribution in [2.75, 3.05) is 12.0 Å². The average molecular weight is 517 g/mol. The molecule has 3 aromatic rings. The van der Waals surface area contributed by atoms with Crippen molar-refractivity contribution in [1.29, 1.82) is 0 Å². The quantitative estimate of drug-likeness (QED) is 0.190. The van der Waals surface area contributed by atoms with E-state index in [9.17, 15) is 22.4 Å². The summed E-state index contributed by atoms with van der Waals surface area (Å²) in [6.45, 7) is 1.51. The predicted octanol–water partition coefficient (Wildman–Crippen LogP) is 5.66. The van der Waals surface area contributed by atoms with Crippen molar-refractivity contribution < 1.29 is 31.8 Å². The minimum absolute atomic E-state index is 0.100. The van der Waals surface area contributed by atoms with Gasteiger partial charge in [-0.2, -0.15) is 8.78 Å². The van der Waals surface area contributed by atoms with E-state index in [0.29, 0.717) is 29.0 Å². The minimum atomic E-state index is -1.65. The number of anilines is 1. The van der Waals surface area contributed by atoms with Gasteiger partial charge in [-0.25, -0.2) is 8.78 Å². The molecule has 1 N–H and O–H groups in total. The summed E-state index contributed by atoms with van der Waals surface area (Å²) in [6, 6.07) is 12.3. The third-order valence-corrected chi connectivity index (χ3v) is 5.84. The van der Waals surface area contributed by atoms with Crippen LogP contribution in [-0.4, -0.2) is 18.1 Å². The Kier molecular flexibility index (Phi) is 7.25. The first-order valence-electron chi connectivity index (χ1n) is 10.8. The molecule has 0 radical (unpaired) electrons. The van der Waals surface area contributed by atoms with Gasteiger partial charge in [0.1, 0.15) is 18.1 Å². The normalized spacial score (nSPS) is 14.4. The Labute approximate surface area is 209 Å². The Hall–Kier alpha value is -3.92. The molecule has 36 heavy (non-hydrogen) atoms. The number of halogens is 4. The molecule has 5 nitrogen and oxygen atoms in total. The zero-order chi connectivity index (χ0) is 26.0. The van der Waals surface area contributed by atoms with E-state index in [1.54, 1.807) is 24.3 Å². The summed E-state index contributed by atoms with van der Waals surface area (Å²) in [5.41, 5.74) is 2.68. The van der Waals surface area contributed by atoms with Crippen LogP contribution in [0.2, 0.25) is 0 Å². The molecule has 1 aliphatic rings. The number of nitrogens with zero attached hydrogens (tertiary/aromatic N) is 1. The van der Waals surface area contributed by atoms with Crippen LogP contribution in [0, 0.1) is 23.3 Å². The highest BCUT2D eigenvalue weighted by Gasteiger charge is 2.33. The van der Waals surface area contributed by atoms with Gasteiger partial charge < -0.3 is 14.8 Å². The molecule has 0 aliphatic carbocycles. The van der Waals surface area contributed by atoms with E-state index in [-0.39, 0.29) is 22.8 Å². The maximum atomic E-state index is 14.0. The van der Waals surface area contributed by atoms with Crippen molar-refractivity contribution in [2.24, 2.45) is 0 Å². The molecule has 1 aliphatic heterocycles. The molecule has 0 bridgehead atoms. The molecule has 0 saturated carbocycles. The van der Waals surface area contributed by atoms with Crippen LogP contribution in [0.5, 0.6) is 11.5 Å². The molecule has 0 spiro atoms. The van der Waals surface area contributed by atoms with Crippen LogP contribution < -0.4 is 19.7 Å². The van der Waals surface area contributed by atoms with E-state index in [4.69, 9.17) is 21.7 Å². The Morgan fingerprint density at radius 1 is 1.00 bits per heavy atom. The van der Waals surface area contributed by atoms with Gasteiger partial charge in [-0.15, -0.1) is 0 Å². The second-order valence-corrected chi connectivity index (χ2v) is 8.15. The Morgan fingerprint density at radius 2 is 1.69 bits per heavy atom. The van der Waals surface area contributed by atoms with Crippen LogP contribution >= 0.6 is 12.2 Å². The highest BCUT2D eigenvalue weighted by Crippen LogP contribution is 2.30. The van der Waals surface area contributed by atoms with Gasteiger partial charge in [-0.3, -0.25) is 9.69 Å². The number of ether oxygens (including phenoxy) is 2. The van der Waals surface area contributed by atoms with Gasteiger partial charge in [0, 0.05) is 11.6 Å². The SMILES string of the molecule is CCc1ccccc1N1C(=O)/C(=C\c2ccc(OC)c(COc3c(F)c(F)cc(F)c3F)c2)NC1=S. The first-order valence-corrected chi connectivity index (χ1v) is 11.2. The molecule has 186 valence electrons. The van der Waals surface area contributed by atoms with Gasteiger partial charge in [-0.05, 0) is 54.0 Å². The molecular weight excluding hydrogens is 496 g/mol. The highest BCUT2D eigenvalue weighted by atomic mass is 32.1. The smallest absolute Gasteiger partial charge is 0.281 e. The molecule has 0 atom stereocenters. The number of hydrogen-bond acceptors (Lipinski definition) is 4. The van der Waals surface area contributed by atoms with E-state index in [2.05, 4.69) is 5.32 Å². The number of thiocarbonyl (C=S) groups is 1. The lowest BCUT2D eigenvalue weighted by Gasteiger charge is -2.17. The molecule has 10 heteroatoms. The number of nitrogens with one attached hydrogen (secondary N) is 1. The summed E-state index contributed by atoms with van der Waals surface area (Å²) < 4.78 is 65.3. The number of methoxy groups -OCH3 is 1. The zero-order valence-electron chi connectivity index (χ0n) is 19.2. The van der Waals surface area contributed by atoms with Crippen molar-refractivity contribution in [2.45, 2.75) is 20.0 Å². The van der Waals surface area contributed by atoms with Gasteiger partial charge in [0.25, 0.3) is 5.91 Å². The summed E-state index contributed by atoms with van der Waals surface area (Å²) in [5.74, 6) is -7.68. The lowest BCUT2D eigenvalue weighted by molar-refractivity contribution is -0.113. The van der Waals surface area contributed by atoms with Gasteiger partial charge in [0.05, 0.1) is 12.8 Å². The highest BCUT2D eigenvalue weighted by molar-refractivity contribution is 7.80. The van der Waals surface area contributed by atoms with Gasteiger partial charge in [-0.1, -0.05) is 31.2 Å². The largest absolute Gasteiger partial charge is 0.496 e. The average Bonchev–Trinajstić information content (AvgIpc) is 3.15. The Morgan fingerprint density at radius 3 is 2.36 bits per heavy atom. The van der Waals surface area contributed by atoms with Crippen molar-refractivity contribution in [3.8, 4) is 11.5 Å². The van der Waals surface area contributed by atoms with Crippen LogP contribution in [-0.2, 0) is 17.8 Å². The second kappa shape index (κ2) is 10.4. The maximum absolute atomic E-state index is 14.0. The number of para-hydroxylation sites is 1. The first-order chi connectivity index (χ1) is 17.2. The van der Waals surface area contributed by atoms with E-state index < -0.39 is 35.6 Å². The number of carbonyl (C=O) groups excluding carboxylic acids is 1. The van der Waals surface area contributed by atoms with Crippen LogP contribution in [0.4, 0.5) is 23.2 Å². The lowest BCUT2D eigenvalue weighted by atomic mass is 10.1. The zero-order valence-corrected chi connectivity index (χ0v) is 20.0. The molecule has 1 amide bonds. The van der Waals surface area contributed by atoms with Crippen molar-refractivity contribution in [1.82, 2.24) is 5.32 Å². The number of aryl methyl sites for hydroxylation is 1. The van der Waals surface area contributed by atoms with Crippen LogP contribution in [0.3, 0.4) is 0 Å². The molecular formula is C26H20F4N2O3S. The number of hydrogen-bond donors (Lipinski definition) is 1. The first kappa shape index (κ1) is 25.2. The van der Waals surface area contributed by atoms with Crippen LogP contribution in [0.15, 0.2) is 54.2 Å². The van der Waals surface area contributed by atoms with Gasteiger partial charge >= 0.3 is 0 Å². The predicted molar refractivity (Wildman–Crippen MR) is 131 cm³/mol. The number of amides is 1. The monoisotopic (exact) mass is 516 g/mol. The van der Waals surface area contributed by atoms with Crippen LogP contribution in [0.1, 0.15) is 23.6 Å². The fourth-order valence-electron chi connectivity index (χ4n) is 3.78. The summed E-state index contributed by atoms with van der Waals surface area (Å²) in [5, 5.41) is 3.13. The van der Waals surface area contributed by atoms with E-state index in [1.165, 1.54) is 12.0 Å². The standard InChI is InChI=1S/C26H20F4N2O3S/c1-3-15-6-4-5-7-20(15)32-25(33)19(31-26(32)36)11-14-8-9-21(34-2)16(10-14)13-35-24-22(29)17(27)12-18(28)23(24)30/h4-12H,3,13H2,1-2H3,(H,31,36)/b19-11+. The fourth-order valence-corrected chi connectivity index (χ4v) is 4.07. The maximum Gasteiger partial charge on any atom is 0.281 e. The number of carbonyl (C=O) groups is 1. The third kappa shape index (κ3) is 4.76. The second-order valence-electron chi connectivity index (χ2n) is 7.77. The van der Waals surface area contributed by atoms with Crippen LogP contribution in [0.25, 0.3) is 6.08 Å². The molecule has 0 aromatic heterocycles. The van der Waals surface area contributed by atoms with Gasteiger partial charge in [0.2, 0.25) is 11.6 Å². The van der Waals surface area contributed by atoms with Gasteiger partial charge in [0.15, 0.2) is 22.5 Å². The summed E-state index contributed by atoms with van der Waals surface area (Å²) in [7, 11) is 1.38. The van der Waals surface area contributed by atoms with E-state index >= 15 is 0 Å². The molecule has 4 rings (SSSR count). The molecule has 0 unspecified atom stereocenters. The topological polar surface area (TPSA) is 50.8 Å². The van der Waals surface area contributed by atoms with E-state index in [1.807, 2.05) is 31.2 Å². The molecule has 1 fully saturated rings. The van der Waals surface area contributed by atoms with Crippen molar-refractivity contribution in [3.05, 3.63) is 94.2 Å². The molecule has 3 aromatic carbocycles. The number of rotatable bonds is 7. The summed E-state index contributed by atoms with van der Waals surface area (Å²) in [6.07, 6.45) is 2.26. The lowest BCUT2D eigenvalue weighted by Crippen LogP contribution is -2.31. The summed E-state index contributed by atoms with van der Waals surface area (Å²) >= 11 is 5.39. The Balaban J connectivity index is 1.62. The molecule has 1 heterocycles. The minimum Gasteiger partial charge on any atom is -0.496 e. The Bertz CT molecular complexity index is 1370. The third-order valence-electron chi connectivity index (χ3n) is 5.55. The molecule has 1 saturated heterocycles. The summed E-state index contributed by atoms with van der Waals surface area (Å²) in [4.78, 5) is 14.6. The van der Waals surface area contributed by atoms with Crippen molar-refractivity contribution >= 4 is 35.0 Å². The van der Waals surface area contributed by atoms with E-state index in [0.717, 1.165) is 5.56 Å². The fraction of sp³-hybridized carbons (Fsp3) is 0.154. The van der Waals surface area contributed by atoms with Crippen molar-refractivity contribution in [3.63, 3.8) is 0 Å².